The molecule has 0 saturated heterocycles. The minimum Gasteiger partial charge on any atom is -0.319 e. The number of aryl methyl sites for hydroxylation is 1. The van der Waals surface area contributed by atoms with Gasteiger partial charge in [-0.2, -0.15) is 5.26 Å². The number of rotatable bonds is 4. The molecule has 0 unspecified atom stereocenters. The molecule has 0 aliphatic rings. The molecule has 3 aromatic rings. The highest BCUT2D eigenvalue weighted by Crippen LogP contribution is 2.29. The lowest BCUT2D eigenvalue weighted by molar-refractivity contribution is -0.112. The maximum Gasteiger partial charge on any atom is 0.266 e. The third-order valence-corrected chi connectivity index (χ3v) is 4.95. The average Bonchev–Trinajstić information content (AvgIpc) is 2.95. The van der Waals surface area contributed by atoms with Crippen LogP contribution in [-0.2, 0) is 4.79 Å². The molecule has 0 radical (unpaired) electrons. The molecule has 1 N–H and O–H groups in total. The van der Waals surface area contributed by atoms with E-state index in [0.29, 0.717) is 15.6 Å². The molecule has 0 aliphatic heterocycles. The summed E-state index contributed by atoms with van der Waals surface area (Å²) in [6.07, 6.45) is 1.47. The second-order valence-electron chi connectivity index (χ2n) is 6.36. The van der Waals surface area contributed by atoms with Gasteiger partial charge < -0.3 is 9.88 Å². The first kappa shape index (κ1) is 20.7. The molecule has 7 heteroatoms. The number of carbonyl (C=O) groups excluding carboxylic acids is 1. The van der Waals surface area contributed by atoms with Crippen LogP contribution in [0.1, 0.15) is 17.0 Å². The average molecular weight is 428 g/mol. The zero-order valence-corrected chi connectivity index (χ0v) is 17.1. The summed E-state index contributed by atoms with van der Waals surface area (Å²) in [5.41, 5.74) is 2.93. The third-order valence-electron chi connectivity index (χ3n) is 4.41. The van der Waals surface area contributed by atoms with Gasteiger partial charge in [0.15, 0.2) is 0 Å². The molecule has 0 fully saturated rings. The second kappa shape index (κ2) is 8.52. The summed E-state index contributed by atoms with van der Waals surface area (Å²) >= 11 is 12.3. The first-order valence-electron chi connectivity index (χ1n) is 8.64. The molecule has 0 bridgehead atoms. The minimum atomic E-state index is -0.688. The van der Waals surface area contributed by atoms with E-state index in [4.69, 9.17) is 23.2 Å². The van der Waals surface area contributed by atoms with Crippen LogP contribution in [0.4, 0.5) is 10.1 Å². The van der Waals surface area contributed by atoms with Crippen molar-refractivity contribution in [2.45, 2.75) is 13.8 Å². The molecule has 146 valence electrons. The Labute approximate surface area is 177 Å². The lowest BCUT2D eigenvalue weighted by Gasteiger charge is -2.12. The van der Waals surface area contributed by atoms with Gasteiger partial charge in [-0.15, -0.1) is 0 Å². The number of nitriles is 1. The predicted octanol–water partition coefficient (Wildman–Crippen LogP) is 6.09. The smallest absolute Gasteiger partial charge is 0.266 e. The summed E-state index contributed by atoms with van der Waals surface area (Å²) in [4.78, 5) is 12.5. The third kappa shape index (κ3) is 4.34. The lowest BCUT2D eigenvalue weighted by atomic mass is 10.1. The van der Waals surface area contributed by atoms with Gasteiger partial charge in [-0.3, -0.25) is 4.79 Å². The summed E-state index contributed by atoms with van der Waals surface area (Å²) in [7, 11) is 0. The van der Waals surface area contributed by atoms with Crippen molar-refractivity contribution in [2.75, 3.05) is 5.32 Å². The van der Waals surface area contributed by atoms with E-state index in [0.717, 1.165) is 17.1 Å². The monoisotopic (exact) mass is 427 g/mol. The first-order valence-corrected chi connectivity index (χ1v) is 9.39. The van der Waals surface area contributed by atoms with E-state index in [-0.39, 0.29) is 11.3 Å². The molecule has 4 nitrogen and oxygen atoms in total. The van der Waals surface area contributed by atoms with Crippen LogP contribution in [-0.4, -0.2) is 10.5 Å². The van der Waals surface area contributed by atoms with Crippen LogP contribution >= 0.6 is 23.2 Å². The topological polar surface area (TPSA) is 57.8 Å². The largest absolute Gasteiger partial charge is 0.319 e. The fraction of sp³-hybridized carbons (Fsp3) is 0.0909. The number of aromatic nitrogens is 1. The Balaban J connectivity index is 1.98. The van der Waals surface area contributed by atoms with Crippen molar-refractivity contribution in [3.63, 3.8) is 0 Å². The van der Waals surface area contributed by atoms with Gasteiger partial charge in [0, 0.05) is 16.4 Å². The molecule has 0 aliphatic carbocycles. The summed E-state index contributed by atoms with van der Waals surface area (Å²) < 4.78 is 15.7. The van der Waals surface area contributed by atoms with Gasteiger partial charge in [0.05, 0.1) is 16.4 Å². The number of hydrogen-bond donors (Lipinski definition) is 1. The van der Waals surface area contributed by atoms with Crippen LogP contribution in [0.5, 0.6) is 0 Å². The van der Waals surface area contributed by atoms with Crippen LogP contribution in [0.3, 0.4) is 0 Å². The van der Waals surface area contributed by atoms with Crippen LogP contribution < -0.4 is 5.32 Å². The van der Waals surface area contributed by atoms with Crippen molar-refractivity contribution in [1.29, 1.82) is 5.26 Å². The number of nitrogens with zero attached hydrogens (tertiary/aromatic N) is 2. The van der Waals surface area contributed by atoms with E-state index in [1.165, 1.54) is 24.3 Å². The number of nitrogens with one attached hydrogen (secondary N) is 1. The SMILES string of the molecule is Cc1cc(/C=C(/C#N)C(=O)Nc2ccccc2F)c(C)n1-c1ccc(Cl)cc1Cl. The van der Waals surface area contributed by atoms with E-state index in [1.54, 1.807) is 24.3 Å². The zero-order valence-electron chi connectivity index (χ0n) is 15.6. The maximum absolute atomic E-state index is 13.8. The summed E-state index contributed by atoms with van der Waals surface area (Å²) in [5.74, 6) is -1.26. The standard InChI is InChI=1S/C22H16Cl2FN3O/c1-13-9-15(14(2)28(13)21-8-7-17(23)11-18(21)24)10-16(12-26)22(29)27-20-6-4-3-5-19(20)25/h3-11H,1-2H3,(H,27,29)/b16-10-. The molecule has 1 aromatic heterocycles. The van der Waals surface area contributed by atoms with E-state index in [1.807, 2.05) is 30.6 Å². The minimum absolute atomic E-state index is 0.0112. The van der Waals surface area contributed by atoms with Crippen LogP contribution in [0.2, 0.25) is 10.0 Å². The van der Waals surface area contributed by atoms with Gasteiger partial charge in [0.1, 0.15) is 17.5 Å². The van der Waals surface area contributed by atoms with Crippen molar-refractivity contribution < 1.29 is 9.18 Å². The molecule has 29 heavy (non-hydrogen) atoms. The zero-order chi connectivity index (χ0) is 21.1. The number of halogens is 3. The van der Waals surface area contributed by atoms with Gasteiger partial charge in [-0.1, -0.05) is 35.3 Å². The van der Waals surface area contributed by atoms with Crippen molar-refractivity contribution in [2.24, 2.45) is 0 Å². The van der Waals surface area contributed by atoms with Crippen molar-refractivity contribution >= 4 is 40.9 Å². The number of anilines is 1. The Bertz CT molecular complexity index is 1180. The Kier molecular flexibility index (Phi) is 6.07. The number of amides is 1. The number of hydrogen-bond acceptors (Lipinski definition) is 2. The highest BCUT2D eigenvalue weighted by molar-refractivity contribution is 6.35. The molecule has 0 spiro atoms. The summed E-state index contributed by atoms with van der Waals surface area (Å²) in [6.45, 7) is 3.74. The molecule has 1 heterocycles. The summed E-state index contributed by atoms with van der Waals surface area (Å²) in [5, 5.41) is 12.9. The van der Waals surface area contributed by atoms with Gasteiger partial charge in [0.2, 0.25) is 0 Å². The lowest BCUT2D eigenvalue weighted by Crippen LogP contribution is -2.14. The Morgan fingerprint density at radius 3 is 2.55 bits per heavy atom. The Hall–Kier alpha value is -3.07. The molecule has 0 saturated carbocycles. The van der Waals surface area contributed by atoms with Crippen molar-refractivity contribution in [1.82, 2.24) is 4.57 Å². The fourth-order valence-electron chi connectivity index (χ4n) is 3.02. The molecule has 3 rings (SSSR count). The van der Waals surface area contributed by atoms with E-state index in [2.05, 4.69) is 5.32 Å². The molecule has 2 aromatic carbocycles. The van der Waals surface area contributed by atoms with Crippen molar-refractivity contribution in [3.8, 4) is 11.8 Å². The van der Waals surface area contributed by atoms with Crippen LogP contribution in [0.25, 0.3) is 11.8 Å². The highest BCUT2D eigenvalue weighted by Gasteiger charge is 2.16. The highest BCUT2D eigenvalue weighted by atomic mass is 35.5. The molecule has 0 atom stereocenters. The van der Waals surface area contributed by atoms with Crippen LogP contribution in [0, 0.1) is 31.0 Å². The van der Waals surface area contributed by atoms with Gasteiger partial charge >= 0.3 is 0 Å². The van der Waals surface area contributed by atoms with Gasteiger partial charge in [-0.05, 0) is 61.9 Å². The first-order chi connectivity index (χ1) is 13.8. The normalized spacial score (nSPS) is 11.2. The van der Waals surface area contributed by atoms with Gasteiger partial charge in [0.25, 0.3) is 5.91 Å². The molecular weight excluding hydrogens is 412 g/mol. The Morgan fingerprint density at radius 2 is 1.90 bits per heavy atom. The number of benzene rings is 2. The quantitative estimate of drug-likeness (QED) is 0.404. The van der Waals surface area contributed by atoms with Crippen molar-refractivity contribution in [3.05, 3.63) is 86.9 Å². The summed E-state index contributed by atoms with van der Waals surface area (Å²) in [6, 6.07) is 14.7. The van der Waals surface area contributed by atoms with E-state index in [9.17, 15) is 14.4 Å². The van der Waals surface area contributed by atoms with E-state index >= 15 is 0 Å². The second-order valence-corrected chi connectivity index (χ2v) is 7.21. The van der Waals surface area contributed by atoms with E-state index < -0.39 is 11.7 Å². The van der Waals surface area contributed by atoms with Crippen LogP contribution in [0.15, 0.2) is 54.1 Å². The number of para-hydroxylation sites is 1. The van der Waals surface area contributed by atoms with Gasteiger partial charge in [-0.25, -0.2) is 4.39 Å². The maximum atomic E-state index is 13.8. The number of carbonyl (C=O) groups is 1. The Morgan fingerprint density at radius 1 is 1.17 bits per heavy atom. The molecule has 1 amide bonds. The fourth-order valence-corrected chi connectivity index (χ4v) is 3.52. The predicted molar refractivity (Wildman–Crippen MR) is 114 cm³/mol. The molecular formula is C22H16Cl2FN3O.